The van der Waals surface area contributed by atoms with Gasteiger partial charge in [0.1, 0.15) is 0 Å². The van der Waals surface area contributed by atoms with Gasteiger partial charge in [-0.25, -0.2) is 0 Å². The number of benzene rings is 1. The highest BCUT2D eigenvalue weighted by Gasteiger charge is 1.98. The lowest BCUT2D eigenvalue weighted by Crippen LogP contribution is -1.97. The Kier molecular flexibility index (Phi) is 4.33. The van der Waals surface area contributed by atoms with E-state index in [0.717, 1.165) is 18.6 Å². The van der Waals surface area contributed by atoms with Gasteiger partial charge in [0.2, 0.25) is 0 Å². The van der Waals surface area contributed by atoms with Gasteiger partial charge in [0, 0.05) is 12.3 Å². The molecule has 0 aliphatic rings. The molecule has 1 rings (SSSR count). The molecule has 2 heteroatoms. The first-order valence-electron chi connectivity index (χ1n) is 5.02. The molecule has 0 aliphatic heterocycles. The summed E-state index contributed by atoms with van der Waals surface area (Å²) in [5.41, 5.74) is 2.86. The molecule has 1 aromatic carbocycles. The average Bonchev–Trinajstić information content (AvgIpc) is 2.26. The van der Waals surface area contributed by atoms with Gasteiger partial charge in [0.05, 0.1) is 6.61 Å². The molecule has 0 amide bonds. The first-order valence-corrected chi connectivity index (χ1v) is 5.02. The topological polar surface area (TPSA) is 33.1 Å². The summed E-state index contributed by atoms with van der Waals surface area (Å²) >= 11 is 0. The van der Waals surface area contributed by atoms with E-state index in [1.807, 2.05) is 38.1 Å². The second-order valence-electron chi connectivity index (χ2n) is 3.17. The van der Waals surface area contributed by atoms with E-state index in [-0.39, 0.29) is 0 Å². The van der Waals surface area contributed by atoms with Gasteiger partial charge in [-0.15, -0.1) is 0 Å². The minimum atomic E-state index is 0.663. The first kappa shape index (κ1) is 10.9. The Balaban J connectivity index is 2.63. The van der Waals surface area contributed by atoms with Crippen molar-refractivity contribution in [3.63, 3.8) is 0 Å². The maximum absolute atomic E-state index is 7.66. The molecular weight excluding hydrogens is 174 g/mol. The summed E-state index contributed by atoms with van der Waals surface area (Å²) in [6.45, 7) is 5.39. The van der Waals surface area contributed by atoms with E-state index in [9.17, 15) is 0 Å². The van der Waals surface area contributed by atoms with Gasteiger partial charge in [-0.1, -0.05) is 31.2 Å². The predicted molar refractivity (Wildman–Crippen MR) is 58.9 cm³/mol. The predicted octanol–water partition coefficient (Wildman–Crippen LogP) is 3.00. The summed E-state index contributed by atoms with van der Waals surface area (Å²) in [6.07, 6.45) is 0.783. The number of hydrogen-bond acceptors (Lipinski definition) is 2. The smallest absolute Gasteiger partial charge is 0.0716 e. The number of hydrogen-bond donors (Lipinski definition) is 1. The highest BCUT2D eigenvalue weighted by atomic mass is 16.5. The molecule has 0 aromatic heterocycles. The van der Waals surface area contributed by atoms with Gasteiger partial charge in [-0.2, -0.15) is 0 Å². The minimum absolute atomic E-state index is 0.663. The Morgan fingerprint density at radius 3 is 2.36 bits per heavy atom. The van der Waals surface area contributed by atoms with Crippen molar-refractivity contribution in [2.24, 2.45) is 0 Å². The van der Waals surface area contributed by atoms with Crippen LogP contribution < -0.4 is 0 Å². The monoisotopic (exact) mass is 191 g/mol. The number of rotatable bonds is 5. The second-order valence-corrected chi connectivity index (χ2v) is 3.17. The molecule has 0 heterocycles. The normalized spacial score (nSPS) is 10.1. The molecule has 76 valence electrons. The Labute approximate surface area is 85.4 Å². The van der Waals surface area contributed by atoms with Gasteiger partial charge in [0.15, 0.2) is 0 Å². The van der Waals surface area contributed by atoms with E-state index < -0.39 is 0 Å². The van der Waals surface area contributed by atoms with Crippen LogP contribution in [0.1, 0.15) is 31.4 Å². The molecule has 0 radical (unpaired) electrons. The number of ether oxygens (including phenoxy) is 1. The van der Waals surface area contributed by atoms with Gasteiger partial charge in [0.25, 0.3) is 0 Å². The summed E-state index contributed by atoms with van der Waals surface area (Å²) in [7, 11) is 0. The molecule has 2 nitrogen and oxygen atoms in total. The van der Waals surface area contributed by atoms with E-state index >= 15 is 0 Å². The van der Waals surface area contributed by atoms with Crippen LogP contribution in [0.25, 0.3) is 0 Å². The standard InChI is InChI=1S/C12H17NO/c1-3-12(13)11-7-5-10(6-8-11)9-14-4-2/h5-8,13H,3-4,9H2,1-2H3. The third kappa shape index (κ3) is 2.96. The van der Waals surface area contributed by atoms with Crippen LogP contribution in [0.15, 0.2) is 24.3 Å². The molecule has 0 fully saturated rings. The maximum atomic E-state index is 7.66. The lowest BCUT2D eigenvalue weighted by molar-refractivity contribution is 0.134. The summed E-state index contributed by atoms with van der Waals surface area (Å²) in [4.78, 5) is 0. The van der Waals surface area contributed by atoms with Crippen LogP contribution in [0.5, 0.6) is 0 Å². The van der Waals surface area contributed by atoms with Gasteiger partial charge in [-0.05, 0) is 24.5 Å². The van der Waals surface area contributed by atoms with Crippen LogP contribution in [-0.4, -0.2) is 12.3 Å². The molecule has 0 spiro atoms. The Morgan fingerprint density at radius 1 is 1.21 bits per heavy atom. The quantitative estimate of drug-likeness (QED) is 0.713. The molecule has 0 atom stereocenters. The van der Waals surface area contributed by atoms with Crippen LogP contribution in [0.2, 0.25) is 0 Å². The Bertz CT molecular complexity index is 290. The lowest BCUT2D eigenvalue weighted by atomic mass is 10.1. The highest BCUT2D eigenvalue weighted by molar-refractivity contribution is 5.97. The van der Waals surface area contributed by atoms with Gasteiger partial charge in [-0.3, -0.25) is 0 Å². The third-order valence-corrected chi connectivity index (χ3v) is 2.13. The van der Waals surface area contributed by atoms with Gasteiger partial charge >= 0.3 is 0 Å². The van der Waals surface area contributed by atoms with Crippen molar-refractivity contribution in [2.75, 3.05) is 6.61 Å². The van der Waals surface area contributed by atoms with Crippen LogP contribution >= 0.6 is 0 Å². The first-order chi connectivity index (χ1) is 6.77. The summed E-state index contributed by atoms with van der Waals surface area (Å²) in [5.74, 6) is 0. The molecule has 0 aliphatic carbocycles. The fourth-order valence-corrected chi connectivity index (χ4v) is 1.23. The Hall–Kier alpha value is -1.15. The summed E-state index contributed by atoms with van der Waals surface area (Å²) < 4.78 is 5.29. The lowest BCUT2D eigenvalue weighted by Gasteiger charge is -2.04. The molecule has 1 aromatic rings. The SMILES string of the molecule is CCOCc1ccc(C(=N)CC)cc1. The fraction of sp³-hybridized carbons (Fsp3) is 0.417. The van der Waals surface area contributed by atoms with Crippen molar-refractivity contribution in [1.82, 2.24) is 0 Å². The van der Waals surface area contributed by atoms with Gasteiger partial charge < -0.3 is 10.1 Å². The largest absolute Gasteiger partial charge is 0.377 e. The van der Waals surface area contributed by atoms with Crippen molar-refractivity contribution in [3.8, 4) is 0 Å². The number of nitrogens with one attached hydrogen (secondary N) is 1. The van der Waals surface area contributed by atoms with Crippen LogP contribution in [0.3, 0.4) is 0 Å². The van der Waals surface area contributed by atoms with Crippen LogP contribution in [0, 0.1) is 5.41 Å². The highest BCUT2D eigenvalue weighted by Crippen LogP contribution is 2.07. The van der Waals surface area contributed by atoms with Crippen molar-refractivity contribution in [2.45, 2.75) is 26.9 Å². The van der Waals surface area contributed by atoms with E-state index in [1.54, 1.807) is 0 Å². The van der Waals surface area contributed by atoms with E-state index in [2.05, 4.69) is 0 Å². The minimum Gasteiger partial charge on any atom is -0.377 e. The van der Waals surface area contributed by atoms with Crippen LogP contribution in [-0.2, 0) is 11.3 Å². The molecule has 0 unspecified atom stereocenters. The zero-order chi connectivity index (χ0) is 10.4. The zero-order valence-corrected chi connectivity index (χ0v) is 8.84. The molecule has 14 heavy (non-hydrogen) atoms. The second kappa shape index (κ2) is 5.55. The molecular formula is C12H17NO. The zero-order valence-electron chi connectivity index (χ0n) is 8.84. The van der Waals surface area contributed by atoms with Crippen molar-refractivity contribution in [3.05, 3.63) is 35.4 Å². The van der Waals surface area contributed by atoms with E-state index in [0.29, 0.717) is 12.3 Å². The molecule has 0 bridgehead atoms. The summed E-state index contributed by atoms with van der Waals surface area (Å²) in [5, 5.41) is 7.66. The van der Waals surface area contributed by atoms with E-state index in [4.69, 9.17) is 10.1 Å². The maximum Gasteiger partial charge on any atom is 0.0716 e. The van der Waals surface area contributed by atoms with Crippen molar-refractivity contribution < 1.29 is 4.74 Å². The van der Waals surface area contributed by atoms with Crippen molar-refractivity contribution in [1.29, 1.82) is 5.41 Å². The van der Waals surface area contributed by atoms with Crippen molar-refractivity contribution >= 4 is 5.71 Å². The third-order valence-electron chi connectivity index (χ3n) is 2.13. The van der Waals surface area contributed by atoms with Crippen LogP contribution in [0.4, 0.5) is 0 Å². The summed E-state index contributed by atoms with van der Waals surface area (Å²) in [6, 6.07) is 8.02. The molecule has 1 N–H and O–H groups in total. The molecule has 0 saturated carbocycles. The average molecular weight is 191 g/mol. The van der Waals surface area contributed by atoms with E-state index in [1.165, 1.54) is 5.56 Å². The Morgan fingerprint density at radius 2 is 1.86 bits per heavy atom. The fourth-order valence-electron chi connectivity index (χ4n) is 1.23. The molecule has 0 saturated heterocycles.